The first-order chi connectivity index (χ1) is 12.5. The Balaban J connectivity index is 1.88. The van der Waals surface area contributed by atoms with Gasteiger partial charge in [-0.15, -0.1) is 0 Å². The highest BCUT2D eigenvalue weighted by Crippen LogP contribution is 2.27. The van der Waals surface area contributed by atoms with E-state index < -0.39 is 5.91 Å². The van der Waals surface area contributed by atoms with E-state index in [1.54, 1.807) is 25.1 Å². The van der Waals surface area contributed by atoms with Crippen LogP contribution in [0.25, 0.3) is 0 Å². The Kier molecular flexibility index (Phi) is 6.60. The first-order valence-corrected chi connectivity index (χ1v) is 8.28. The Hall–Kier alpha value is -3.03. The molecule has 0 aliphatic heterocycles. The molecule has 0 atom stereocenters. The van der Waals surface area contributed by atoms with E-state index in [0.717, 1.165) is 11.3 Å². The van der Waals surface area contributed by atoms with Crippen LogP contribution in [0.2, 0.25) is 0 Å². The van der Waals surface area contributed by atoms with Crippen LogP contribution >= 0.6 is 0 Å². The van der Waals surface area contributed by atoms with Crippen molar-refractivity contribution in [3.63, 3.8) is 0 Å². The fourth-order valence-corrected chi connectivity index (χ4v) is 2.44. The van der Waals surface area contributed by atoms with Gasteiger partial charge in [-0.2, -0.15) is 0 Å². The Morgan fingerprint density at radius 1 is 1.19 bits per heavy atom. The molecule has 1 aromatic carbocycles. The highest BCUT2D eigenvalue weighted by molar-refractivity contribution is 5.96. The van der Waals surface area contributed by atoms with Crippen molar-refractivity contribution in [2.45, 2.75) is 33.6 Å². The summed E-state index contributed by atoms with van der Waals surface area (Å²) in [7, 11) is 1.50. The first kappa shape index (κ1) is 19.3. The minimum absolute atomic E-state index is 0.204. The predicted octanol–water partition coefficient (Wildman–Crippen LogP) is 2.09. The summed E-state index contributed by atoms with van der Waals surface area (Å²) in [4.78, 5) is 24.1. The summed E-state index contributed by atoms with van der Waals surface area (Å²) in [5.74, 6) is 0.938. The summed E-state index contributed by atoms with van der Waals surface area (Å²) in [5.41, 5.74) is 6.80. The van der Waals surface area contributed by atoms with Crippen LogP contribution in [0.15, 0.2) is 22.7 Å². The minimum atomic E-state index is -0.447. The number of methoxy groups -OCH3 is 1. The monoisotopic (exact) mass is 361 g/mol. The molecule has 0 saturated heterocycles. The average Bonchev–Trinajstić information content (AvgIpc) is 2.96. The molecule has 2 rings (SSSR count). The Labute approximate surface area is 151 Å². The van der Waals surface area contributed by atoms with Crippen molar-refractivity contribution < 1.29 is 23.6 Å². The molecule has 0 radical (unpaired) electrons. The summed E-state index contributed by atoms with van der Waals surface area (Å²) in [6.07, 6.45) is 0.690. The molecule has 1 aromatic heterocycles. The van der Waals surface area contributed by atoms with Gasteiger partial charge in [0.2, 0.25) is 5.91 Å². The molecular weight excluding hydrogens is 338 g/mol. The van der Waals surface area contributed by atoms with E-state index >= 15 is 0 Å². The molecule has 8 nitrogen and oxygen atoms in total. The third kappa shape index (κ3) is 4.75. The van der Waals surface area contributed by atoms with Crippen LogP contribution in [-0.2, 0) is 11.2 Å². The normalized spacial score (nSPS) is 10.3. The maximum absolute atomic E-state index is 12.2. The number of nitrogens with one attached hydrogen (secondary N) is 2. The molecule has 0 saturated carbocycles. The molecule has 26 heavy (non-hydrogen) atoms. The van der Waals surface area contributed by atoms with Gasteiger partial charge in [0, 0.05) is 17.5 Å². The van der Waals surface area contributed by atoms with Crippen molar-refractivity contribution in [2.24, 2.45) is 0 Å². The third-order valence-electron chi connectivity index (χ3n) is 3.82. The van der Waals surface area contributed by atoms with Crippen LogP contribution in [0.3, 0.4) is 0 Å². The van der Waals surface area contributed by atoms with Gasteiger partial charge in [0.15, 0.2) is 11.5 Å². The van der Waals surface area contributed by atoms with Crippen molar-refractivity contribution >= 4 is 11.8 Å². The predicted molar refractivity (Wildman–Crippen MR) is 94.1 cm³/mol. The van der Waals surface area contributed by atoms with E-state index in [2.05, 4.69) is 16.0 Å². The maximum Gasteiger partial charge on any atom is 0.269 e. The van der Waals surface area contributed by atoms with Crippen LogP contribution < -0.4 is 20.3 Å². The molecule has 0 spiro atoms. The molecule has 0 bridgehead atoms. The lowest BCUT2D eigenvalue weighted by Gasteiger charge is -2.11. The molecule has 2 N–H and O–H groups in total. The van der Waals surface area contributed by atoms with Crippen LogP contribution in [0.5, 0.6) is 11.5 Å². The minimum Gasteiger partial charge on any atom is -0.493 e. The van der Waals surface area contributed by atoms with Crippen LogP contribution in [0, 0.1) is 13.8 Å². The lowest BCUT2D eigenvalue weighted by atomic mass is 10.1. The van der Waals surface area contributed by atoms with Crippen LogP contribution in [-0.4, -0.2) is 30.7 Å². The van der Waals surface area contributed by atoms with Gasteiger partial charge in [0.05, 0.1) is 19.4 Å². The number of hydrazine groups is 1. The number of carbonyl (C=O) groups excluding carboxylic acids is 2. The second-order valence-electron chi connectivity index (χ2n) is 5.60. The number of rotatable bonds is 7. The second-order valence-corrected chi connectivity index (χ2v) is 5.60. The average molecular weight is 361 g/mol. The molecular formula is C18H23N3O5. The van der Waals surface area contributed by atoms with E-state index in [9.17, 15) is 9.59 Å². The van der Waals surface area contributed by atoms with Crippen LogP contribution in [0.1, 0.15) is 40.7 Å². The van der Waals surface area contributed by atoms with Gasteiger partial charge < -0.3 is 14.0 Å². The van der Waals surface area contributed by atoms with Gasteiger partial charge in [-0.05, 0) is 45.4 Å². The molecule has 0 fully saturated rings. The van der Waals surface area contributed by atoms with Gasteiger partial charge in [0.25, 0.3) is 5.91 Å². The zero-order valence-corrected chi connectivity index (χ0v) is 15.3. The van der Waals surface area contributed by atoms with Crippen molar-refractivity contribution in [1.29, 1.82) is 0 Å². The van der Waals surface area contributed by atoms with Gasteiger partial charge in [-0.3, -0.25) is 20.4 Å². The van der Waals surface area contributed by atoms with Crippen molar-refractivity contribution in [1.82, 2.24) is 16.0 Å². The molecule has 0 aliphatic carbocycles. The maximum atomic E-state index is 12.2. The zero-order valence-electron chi connectivity index (χ0n) is 15.3. The summed E-state index contributed by atoms with van der Waals surface area (Å²) < 4.78 is 15.7. The number of nitrogens with zero attached hydrogens (tertiary/aromatic N) is 1. The van der Waals surface area contributed by atoms with E-state index in [4.69, 9.17) is 14.0 Å². The SMILES string of the molecule is CCOc1ccc(C(=O)NNC(=O)CCc2c(C)noc2C)cc1OC. The lowest BCUT2D eigenvalue weighted by molar-refractivity contribution is -0.121. The van der Waals surface area contributed by atoms with Gasteiger partial charge in [0.1, 0.15) is 5.76 Å². The van der Waals surface area contributed by atoms with Gasteiger partial charge in [-0.25, -0.2) is 0 Å². The topological polar surface area (TPSA) is 103 Å². The first-order valence-electron chi connectivity index (χ1n) is 8.28. The standard InChI is InChI=1S/C18H23N3O5/c1-5-25-15-8-6-13(10-16(15)24-4)18(23)20-19-17(22)9-7-14-11(2)21-26-12(14)3/h6,8,10H,5,7,9H2,1-4H3,(H,19,22)(H,20,23). The summed E-state index contributed by atoms with van der Waals surface area (Å²) in [6.45, 7) is 5.97. The largest absolute Gasteiger partial charge is 0.493 e. The summed E-state index contributed by atoms with van der Waals surface area (Å²) >= 11 is 0. The zero-order chi connectivity index (χ0) is 19.1. The summed E-state index contributed by atoms with van der Waals surface area (Å²) in [5, 5.41) is 3.85. The Morgan fingerprint density at radius 3 is 2.58 bits per heavy atom. The van der Waals surface area contributed by atoms with Crippen LogP contribution in [0.4, 0.5) is 0 Å². The number of benzene rings is 1. The Morgan fingerprint density at radius 2 is 1.96 bits per heavy atom. The number of aromatic nitrogens is 1. The number of hydrogen-bond donors (Lipinski definition) is 2. The highest BCUT2D eigenvalue weighted by atomic mass is 16.5. The number of ether oxygens (including phenoxy) is 2. The van der Waals surface area contributed by atoms with Crippen molar-refractivity contribution in [2.75, 3.05) is 13.7 Å². The fraction of sp³-hybridized carbons (Fsp3) is 0.389. The van der Waals surface area contributed by atoms with E-state index in [0.29, 0.717) is 35.9 Å². The molecule has 1 heterocycles. The van der Waals surface area contributed by atoms with Crippen molar-refractivity contribution in [3.8, 4) is 11.5 Å². The van der Waals surface area contributed by atoms with Gasteiger partial charge in [-0.1, -0.05) is 5.16 Å². The third-order valence-corrected chi connectivity index (χ3v) is 3.82. The van der Waals surface area contributed by atoms with Crippen molar-refractivity contribution in [3.05, 3.63) is 40.8 Å². The molecule has 2 amide bonds. The van der Waals surface area contributed by atoms with E-state index in [-0.39, 0.29) is 12.3 Å². The van der Waals surface area contributed by atoms with Gasteiger partial charge >= 0.3 is 0 Å². The molecule has 0 aliphatic rings. The fourth-order valence-electron chi connectivity index (χ4n) is 2.44. The number of aryl methyl sites for hydroxylation is 2. The summed E-state index contributed by atoms with van der Waals surface area (Å²) in [6, 6.07) is 4.80. The molecule has 0 unspecified atom stereocenters. The van der Waals surface area contributed by atoms with E-state index in [1.807, 2.05) is 13.8 Å². The molecule has 8 heteroatoms. The molecule has 140 valence electrons. The smallest absolute Gasteiger partial charge is 0.269 e. The Bertz CT molecular complexity index is 766. The second kappa shape index (κ2) is 8.89. The number of hydrogen-bond acceptors (Lipinski definition) is 6. The number of carbonyl (C=O) groups is 2. The highest BCUT2D eigenvalue weighted by Gasteiger charge is 2.14. The number of amides is 2. The quantitative estimate of drug-likeness (QED) is 0.732. The van der Waals surface area contributed by atoms with E-state index in [1.165, 1.54) is 7.11 Å². The lowest BCUT2D eigenvalue weighted by Crippen LogP contribution is -2.41. The molecule has 2 aromatic rings.